The van der Waals surface area contributed by atoms with Crippen LogP contribution in [0.1, 0.15) is 6.23 Å². The van der Waals surface area contributed by atoms with E-state index in [0.717, 1.165) is 22.5 Å². The number of aromatic nitrogens is 2. The van der Waals surface area contributed by atoms with Crippen LogP contribution in [-0.4, -0.2) is 49.1 Å². The number of rotatable bonds is 4. The zero-order valence-electron chi connectivity index (χ0n) is 11.7. The van der Waals surface area contributed by atoms with Gasteiger partial charge in [0.25, 0.3) is 0 Å². The molecule has 0 amide bonds. The second-order valence-corrected chi connectivity index (χ2v) is 7.00. The van der Waals surface area contributed by atoms with Gasteiger partial charge >= 0.3 is 5.69 Å². The molecule has 0 spiro atoms. The number of halogens is 1. The van der Waals surface area contributed by atoms with Gasteiger partial charge in [-0.2, -0.15) is 4.98 Å². The number of ether oxygens (including phenoxy) is 2. The molecule has 1 aromatic rings. The van der Waals surface area contributed by atoms with Gasteiger partial charge in [0.1, 0.15) is 35.6 Å². The largest absolute Gasteiger partial charge is 0.491 e. The van der Waals surface area contributed by atoms with Crippen LogP contribution in [-0.2, 0) is 9.47 Å². The van der Waals surface area contributed by atoms with Crippen LogP contribution in [0.25, 0.3) is 0 Å². The Labute approximate surface area is 138 Å². The van der Waals surface area contributed by atoms with Crippen molar-refractivity contribution >= 4 is 29.3 Å². The van der Waals surface area contributed by atoms with Gasteiger partial charge in [0.15, 0.2) is 11.6 Å². The maximum Gasteiger partial charge on any atom is 0.351 e. The molecule has 3 rings (SSSR count). The Morgan fingerprint density at radius 2 is 2.35 bits per heavy atom. The standard InChI is InChI=1S/C12H14FN3O5S2/c13-5-1-16(12(19)15-10(5)14)7-4-22-8(21-7)2-20-6-3-23-11(18)9(6)17/h1,3,7-9,11,17-18H,2,4H2,(H2,14,15,19)/t7-,8+,9?,11?/m0/s1. The first kappa shape index (κ1) is 16.6. The van der Waals surface area contributed by atoms with Gasteiger partial charge in [0.05, 0.1) is 6.20 Å². The number of anilines is 1. The molecule has 1 saturated heterocycles. The number of thioether (sulfide) groups is 2. The average molecular weight is 363 g/mol. The highest BCUT2D eigenvalue weighted by atomic mass is 32.2. The molecule has 2 unspecified atom stereocenters. The van der Waals surface area contributed by atoms with Crippen LogP contribution in [0.3, 0.4) is 0 Å². The van der Waals surface area contributed by atoms with Crippen molar-refractivity contribution in [1.82, 2.24) is 9.55 Å². The number of nitrogens with zero attached hydrogens (tertiary/aromatic N) is 2. The summed E-state index contributed by atoms with van der Waals surface area (Å²) in [6.07, 6.45) is -0.776. The lowest BCUT2D eigenvalue weighted by Gasteiger charge is -2.17. The van der Waals surface area contributed by atoms with Gasteiger partial charge in [-0.15, -0.1) is 11.8 Å². The normalized spacial score (nSPS) is 30.5. The van der Waals surface area contributed by atoms with Gasteiger partial charge in [-0.1, -0.05) is 11.8 Å². The number of aliphatic hydroxyl groups is 2. The van der Waals surface area contributed by atoms with Gasteiger partial charge in [0, 0.05) is 11.2 Å². The minimum atomic E-state index is -1.07. The van der Waals surface area contributed by atoms with Gasteiger partial charge in [-0.25, -0.2) is 9.18 Å². The van der Waals surface area contributed by atoms with E-state index < -0.39 is 40.5 Å². The Morgan fingerprint density at radius 1 is 1.57 bits per heavy atom. The van der Waals surface area contributed by atoms with Crippen LogP contribution in [0.4, 0.5) is 10.2 Å². The molecule has 0 bridgehead atoms. The third-order valence-electron chi connectivity index (χ3n) is 3.25. The van der Waals surface area contributed by atoms with Crippen molar-refractivity contribution in [3.05, 3.63) is 33.7 Å². The first-order chi connectivity index (χ1) is 11.0. The van der Waals surface area contributed by atoms with E-state index in [1.54, 1.807) is 0 Å². The maximum atomic E-state index is 13.4. The lowest BCUT2D eigenvalue weighted by atomic mass is 10.3. The Balaban J connectivity index is 1.59. The number of hydrogen-bond donors (Lipinski definition) is 3. The molecule has 1 fully saturated rings. The highest BCUT2D eigenvalue weighted by molar-refractivity contribution is 8.02. The fourth-order valence-electron chi connectivity index (χ4n) is 2.05. The van der Waals surface area contributed by atoms with Crippen molar-refractivity contribution in [3.8, 4) is 0 Å². The molecule has 11 heteroatoms. The predicted octanol–water partition coefficient (Wildman–Crippen LogP) is -0.163. The molecule has 1 aromatic heterocycles. The van der Waals surface area contributed by atoms with E-state index in [1.165, 1.54) is 17.2 Å². The lowest BCUT2D eigenvalue weighted by molar-refractivity contribution is -0.0250. The fourth-order valence-corrected chi connectivity index (χ4v) is 3.80. The summed E-state index contributed by atoms with van der Waals surface area (Å²) in [4.78, 5) is 15.1. The Morgan fingerprint density at radius 3 is 3.04 bits per heavy atom. The van der Waals surface area contributed by atoms with Crippen LogP contribution >= 0.6 is 23.5 Å². The molecule has 2 aliphatic rings. The van der Waals surface area contributed by atoms with Crippen molar-refractivity contribution in [2.45, 2.75) is 23.2 Å². The molecule has 4 atom stereocenters. The fraction of sp³-hybridized carbons (Fsp3) is 0.500. The van der Waals surface area contributed by atoms with E-state index in [2.05, 4.69) is 4.98 Å². The molecule has 0 aliphatic carbocycles. The van der Waals surface area contributed by atoms with Crippen molar-refractivity contribution in [2.24, 2.45) is 0 Å². The molecule has 0 saturated carbocycles. The van der Waals surface area contributed by atoms with Gasteiger partial charge in [-0.05, 0) is 0 Å². The zero-order chi connectivity index (χ0) is 16.6. The van der Waals surface area contributed by atoms with Crippen molar-refractivity contribution < 1.29 is 24.1 Å². The minimum absolute atomic E-state index is 0.122. The van der Waals surface area contributed by atoms with Crippen molar-refractivity contribution in [3.63, 3.8) is 0 Å². The molecular formula is C12H14FN3O5S2. The van der Waals surface area contributed by atoms with Crippen molar-refractivity contribution in [2.75, 3.05) is 18.1 Å². The third kappa shape index (κ3) is 3.48. The first-order valence-corrected chi connectivity index (χ1v) is 8.60. The molecule has 3 heterocycles. The summed E-state index contributed by atoms with van der Waals surface area (Å²) in [5.41, 5.74) is 3.22. The van der Waals surface area contributed by atoms with Gasteiger partial charge in [-0.3, -0.25) is 4.57 Å². The Kier molecular flexibility index (Phi) is 4.82. The number of hydrogen-bond acceptors (Lipinski definition) is 9. The summed E-state index contributed by atoms with van der Waals surface area (Å²) in [5.74, 6) is -0.552. The number of nitrogen functional groups attached to an aromatic ring is 1. The van der Waals surface area contributed by atoms with Crippen LogP contribution in [0, 0.1) is 5.82 Å². The summed E-state index contributed by atoms with van der Waals surface area (Å²) in [5, 5.41) is 20.6. The minimum Gasteiger partial charge on any atom is -0.491 e. The quantitative estimate of drug-likeness (QED) is 0.670. The van der Waals surface area contributed by atoms with E-state index in [4.69, 9.17) is 15.2 Å². The third-order valence-corrected chi connectivity index (χ3v) is 5.25. The van der Waals surface area contributed by atoms with Crippen LogP contribution in [0.2, 0.25) is 0 Å². The van der Waals surface area contributed by atoms with Crippen LogP contribution in [0.5, 0.6) is 0 Å². The topological polar surface area (TPSA) is 120 Å². The monoisotopic (exact) mass is 363 g/mol. The molecule has 23 heavy (non-hydrogen) atoms. The van der Waals surface area contributed by atoms with Crippen molar-refractivity contribution in [1.29, 1.82) is 0 Å². The van der Waals surface area contributed by atoms with Gasteiger partial charge < -0.3 is 25.4 Å². The molecule has 8 nitrogen and oxygen atoms in total. The van der Waals surface area contributed by atoms with E-state index in [9.17, 15) is 19.4 Å². The number of nitrogens with two attached hydrogens (primary N) is 1. The van der Waals surface area contributed by atoms with E-state index >= 15 is 0 Å². The highest BCUT2D eigenvalue weighted by Gasteiger charge is 2.32. The second-order valence-electron chi connectivity index (χ2n) is 4.82. The maximum absolute atomic E-state index is 13.4. The molecule has 2 aliphatic heterocycles. The Bertz CT molecular complexity index is 685. The zero-order valence-corrected chi connectivity index (χ0v) is 13.3. The van der Waals surface area contributed by atoms with E-state index in [-0.39, 0.29) is 12.4 Å². The summed E-state index contributed by atoms with van der Waals surface area (Å²) in [6.45, 7) is 0.122. The smallest absolute Gasteiger partial charge is 0.351 e. The first-order valence-electron chi connectivity index (χ1n) is 6.61. The summed E-state index contributed by atoms with van der Waals surface area (Å²) in [7, 11) is 0. The van der Waals surface area contributed by atoms with Crippen LogP contribution in [0.15, 0.2) is 22.2 Å². The number of aliphatic hydroxyl groups excluding tert-OH is 2. The average Bonchev–Trinajstić information content (AvgIpc) is 3.10. The van der Waals surface area contributed by atoms with Crippen LogP contribution < -0.4 is 11.4 Å². The highest BCUT2D eigenvalue weighted by Crippen LogP contribution is 2.34. The molecule has 0 aromatic carbocycles. The molecule has 4 N–H and O–H groups in total. The second kappa shape index (κ2) is 6.69. The van der Waals surface area contributed by atoms with E-state index in [1.807, 2.05) is 0 Å². The molecule has 0 radical (unpaired) electrons. The molecular weight excluding hydrogens is 349 g/mol. The summed E-state index contributed by atoms with van der Waals surface area (Å²) < 4.78 is 25.5. The summed E-state index contributed by atoms with van der Waals surface area (Å²) in [6, 6.07) is 0. The predicted molar refractivity (Wildman–Crippen MR) is 82.9 cm³/mol. The lowest BCUT2D eigenvalue weighted by Crippen LogP contribution is -2.30. The summed E-state index contributed by atoms with van der Waals surface area (Å²) >= 11 is 2.44. The SMILES string of the molecule is Nc1nc(=O)n([C@@H]2CS[C@H](COC3=CSC(O)C3O)O2)cc1F. The molecule has 126 valence electrons. The Hall–Kier alpha value is -1.27. The van der Waals surface area contributed by atoms with Gasteiger partial charge in [0.2, 0.25) is 0 Å². The van der Waals surface area contributed by atoms with E-state index in [0.29, 0.717) is 5.75 Å².